The van der Waals surface area contributed by atoms with E-state index in [9.17, 15) is 18.3 Å². The highest BCUT2D eigenvalue weighted by Gasteiger charge is 2.40. The smallest absolute Gasteiger partial charge is 0.407 e. The largest absolute Gasteiger partial charge is 0.465 e. The summed E-state index contributed by atoms with van der Waals surface area (Å²) in [6.45, 7) is 5.08. The highest BCUT2D eigenvalue weighted by molar-refractivity contribution is 7.89. The molecule has 1 atom stereocenters. The van der Waals surface area contributed by atoms with Crippen LogP contribution in [0.1, 0.15) is 33.1 Å². The van der Waals surface area contributed by atoms with Crippen LogP contribution >= 0.6 is 0 Å². The second-order valence-corrected chi connectivity index (χ2v) is 8.33. The molecule has 9 heteroatoms. The van der Waals surface area contributed by atoms with Gasteiger partial charge in [0.25, 0.3) is 0 Å². The Kier molecular flexibility index (Phi) is 5.34. The minimum absolute atomic E-state index is 0.0228. The summed E-state index contributed by atoms with van der Waals surface area (Å²) in [5.41, 5.74) is -0.324. The highest BCUT2D eigenvalue weighted by atomic mass is 32.2. The minimum atomic E-state index is -3.74. The van der Waals surface area contributed by atoms with Gasteiger partial charge in [-0.1, -0.05) is 0 Å². The zero-order valence-corrected chi connectivity index (χ0v) is 14.7. The molecule has 134 valence electrons. The summed E-state index contributed by atoms with van der Waals surface area (Å²) in [4.78, 5) is 16.8. The number of rotatable bonds is 6. The molecule has 1 aliphatic rings. The predicted octanol–water partition coefficient (Wildman–Crippen LogP) is 1.70. The molecule has 0 spiro atoms. The lowest BCUT2D eigenvalue weighted by molar-refractivity contribution is 0.117. The maximum absolute atomic E-state index is 11.3. The number of amides is 1. The van der Waals surface area contributed by atoms with Gasteiger partial charge < -0.3 is 15.3 Å². The molecule has 1 fully saturated rings. The van der Waals surface area contributed by atoms with Gasteiger partial charge in [0.15, 0.2) is 0 Å². The molecule has 0 bridgehead atoms. The van der Waals surface area contributed by atoms with Gasteiger partial charge in [0.2, 0.25) is 10.0 Å². The van der Waals surface area contributed by atoms with E-state index >= 15 is 0 Å². The van der Waals surface area contributed by atoms with Gasteiger partial charge in [-0.2, -0.15) is 0 Å². The summed E-state index contributed by atoms with van der Waals surface area (Å²) >= 11 is 0. The fourth-order valence-electron chi connectivity index (χ4n) is 3.21. The lowest BCUT2D eigenvalue weighted by Gasteiger charge is -2.28. The normalized spacial score (nSPS) is 20.1. The Morgan fingerprint density at radius 3 is 2.83 bits per heavy atom. The number of nitrogens with one attached hydrogen (secondary N) is 1. The molecule has 0 unspecified atom stereocenters. The van der Waals surface area contributed by atoms with Gasteiger partial charge in [-0.05, 0) is 45.1 Å². The monoisotopic (exact) mass is 356 g/mol. The first-order valence-electron chi connectivity index (χ1n) is 7.83. The number of anilines is 1. The number of nitrogens with zero attached hydrogens (tertiary/aromatic N) is 2. The summed E-state index contributed by atoms with van der Waals surface area (Å²) < 4.78 is 22.6. The van der Waals surface area contributed by atoms with Crippen molar-refractivity contribution >= 4 is 21.9 Å². The molecule has 2 heterocycles. The third-order valence-electron chi connectivity index (χ3n) is 4.35. The van der Waals surface area contributed by atoms with E-state index in [0.717, 1.165) is 19.3 Å². The van der Waals surface area contributed by atoms with Crippen LogP contribution in [0.2, 0.25) is 0 Å². The van der Waals surface area contributed by atoms with E-state index in [1.807, 2.05) is 13.8 Å². The van der Waals surface area contributed by atoms with Crippen LogP contribution in [0.3, 0.4) is 0 Å². The molecule has 0 aliphatic carbocycles. The van der Waals surface area contributed by atoms with Crippen molar-refractivity contribution in [3.8, 4) is 0 Å². The van der Waals surface area contributed by atoms with Gasteiger partial charge in [0, 0.05) is 30.9 Å². The molecular formula is C15H24N4O4S. The van der Waals surface area contributed by atoms with Crippen molar-refractivity contribution in [3.63, 3.8) is 0 Å². The summed E-state index contributed by atoms with van der Waals surface area (Å²) in [7, 11) is -3.74. The van der Waals surface area contributed by atoms with Crippen molar-refractivity contribution in [1.82, 2.24) is 9.88 Å². The van der Waals surface area contributed by atoms with E-state index in [0.29, 0.717) is 24.8 Å². The second-order valence-electron chi connectivity index (χ2n) is 6.77. The fourth-order valence-corrected chi connectivity index (χ4v) is 3.74. The van der Waals surface area contributed by atoms with Crippen molar-refractivity contribution in [2.45, 2.75) is 43.5 Å². The standard InChI is InChI=1S/C15H24N4O4S/c1-15(2)9-11(10-19(15)14(20)21)4-3-6-17-13-8-12(5-7-18-13)24(16,22)23/h5,7-8,11H,3-4,6,9-10H2,1-2H3,(H,17,18)(H,20,21)(H2,16,22,23)/t11-/m0/s1. The first kappa shape index (κ1) is 18.5. The topological polar surface area (TPSA) is 126 Å². The highest BCUT2D eigenvalue weighted by Crippen LogP contribution is 2.34. The number of hydrogen-bond donors (Lipinski definition) is 3. The molecule has 1 aromatic heterocycles. The Hall–Kier alpha value is -1.87. The van der Waals surface area contributed by atoms with Gasteiger partial charge >= 0.3 is 6.09 Å². The van der Waals surface area contributed by atoms with E-state index in [1.54, 1.807) is 0 Å². The zero-order chi connectivity index (χ0) is 18.0. The molecule has 0 aromatic carbocycles. The average molecular weight is 356 g/mol. The van der Waals surface area contributed by atoms with Crippen LogP contribution in [0.15, 0.2) is 23.2 Å². The molecule has 4 N–H and O–H groups in total. The van der Waals surface area contributed by atoms with Crippen LogP contribution in [0.5, 0.6) is 0 Å². The quantitative estimate of drug-likeness (QED) is 0.666. The average Bonchev–Trinajstić information content (AvgIpc) is 2.78. The summed E-state index contributed by atoms with van der Waals surface area (Å²) in [6.07, 6.45) is 3.11. The number of carbonyl (C=O) groups is 1. The van der Waals surface area contributed by atoms with E-state index in [1.165, 1.54) is 23.2 Å². The first-order valence-corrected chi connectivity index (χ1v) is 9.37. The van der Waals surface area contributed by atoms with Gasteiger partial charge in [0.05, 0.1) is 4.90 Å². The molecule has 1 aromatic rings. The molecule has 1 saturated heterocycles. The zero-order valence-electron chi connectivity index (χ0n) is 13.9. The van der Waals surface area contributed by atoms with Gasteiger partial charge in [-0.15, -0.1) is 0 Å². The number of primary sulfonamides is 1. The van der Waals surface area contributed by atoms with Crippen LogP contribution in [-0.2, 0) is 10.0 Å². The van der Waals surface area contributed by atoms with E-state index in [-0.39, 0.29) is 10.4 Å². The van der Waals surface area contributed by atoms with E-state index in [4.69, 9.17) is 5.14 Å². The second kappa shape index (κ2) is 6.94. The van der Waals surface area contributed by atoms with E-state index < -0.39 is 16.1 Å². The maximum Gasteiger partial charge on any atom is 0.407 e. The molecule has 2 rings (SSSR count). The number of pyridine rings is 1. The molecule has 1 amide bonds. The Labute approximate surface area is 142 Å². The third kappa shape index (κ3) is 4.57. The molecule has 8 nitrogen and oxygen atoms in total. The Morgan fingerprint density at radius 2 is 2.25 bits per heavy atom. The van der Waals surface area contributed by atoms with Crippen molar-refractivity contribution in [2.75, 3.05) is 18.4 Å². The summed E-state index contributed by atoms with van der Waals surface area (Å²) in [6, 6.07) is 2.75. The first-order chi connectivity index (χ1) is 11.1. The molecule has 0 saturated carbocycles. The number of carboxylic acid groups (broad SMARTS) is 1. The lowest BCUT2D eigenvalue weighted by Crippen LogP contribution is -2.41. The molecule has 1 aliphatic heterocycles. The van der Waals surface area contributed by atoms with Gasteiger partial charge in [-0.3, -0.25) is 0 Å². The molecular weight excluding hydrogens is 332 g/mol. The van der Waals surface area contributed by atoms with Gasteiger partial charge in [-0.25, -0.2) is 23.3 Å². The number of sulfonamides is 1. The maximum atomic E-state index is 11.3. The van der Waals surface area contributed by atoms with Crippen molar-refractivity contribution < 1.29 is 18.3 Å². The Balaban J connectivity index is 1.81. The van der Waals surface area contributed by atoms with Crippen molar-refractivity contribution in [1.29, 1.82) is 0 Å². The van der Waals surface area contributed by atoms with Gasteiger partial charge in [0.1, 0.15) is 5.82 Å². The lowest BCUT2D eigenvalue weighted by atomic mass is 9.93. The Bertz CT molecular complexity index is 705. The predicted molar refractivity (Wildman–Crippen MR) is 90.3 cm³/mol. The Morgan fingerprint density at radius 1 is 1.54 bits per heavy atom. The number of nitrogens with two attached hydrogens (primary N) is 1. The number of hydrogen-bond acceptors (Lipinski definition) is 5. The van der Waals surface area contributed by atoms with Crippen LogP contribution in [-0.4, -0.2) is 48.1 Å². The summed E-state index contributed by atoms with van der Waals surface area (Å²) in [5, 5.41) is 17.4. The SMILES string of the molecule is CC1(C)C[C@H](CCCNc2cc(S(N)(=O)=O)ccn2)CN1C(=O)O. The van der Waals surface area contributed by atoms with Crippen LogP contribution in [0.25, 0.3) is 0 Å². The molecule has 24 heavy (non-hydrogen) atoms. The van der Waals surface area contributed by atoms with E-state index in [2.05, 4.69) is 10.3 Å². The third-order valence-corrected chi connectivity index (χ3v) is 5.26. The summed E-state index contributed by atoms with van der Waals surface area (Å²) in [5.74, 6) is 0.794. The van der Waals surface area contributed by atoms with Crippen LogP contribution in [0, 0.1) is 5.92 Å². The molecule has 0 radical (unpaired) electrons. The van der Waals surface area contributed by atoms with Crippen LogP contribution < -0.4 is 10.5 Å². The number of likely N-dealkylation sites (tertiary alicyclic amines) is 1. The van der Waals surface area contributed by atoms with Crippen LogP contribution in [0.4, 0.5) is 10.6 Å². The fraction of sp³-hybridized carbons (Fsp3) is 0.600. The number of aromatic nitrogens is 1. The van der Waals surface area contributed by atoms with Crippen molar-refractivity contribution in [3.05, 3.63) is 18.3 Å². The minimum Gasteiger partial charge on any atom is -0.465 e. The van der Waals surface area contributed by atoms with Crippen molar-refractivity contribution in [2.24, 2.45) is 11.1 Å².